The van der Waals surface area contributed by atoms with Gasteiger partial charge in [0, 0.05) is 36.4 Å². The molecule has 224 valence electrons. The maximum absolute atomic E-state index is 13.5. The van der Waals surface area contributed by atoms with Crippen LogP contribution in [0.15, 0.2) is 60.8 Å². The molecular formula is C30H37N5O7. The monoisotopic (exact) mass is 579 g/mol. The molecule has 3 aromatic rings. The summed E-state index contributed by atoms with van der Waals surface area (Å²) in [5, 5.41) is 27.4. The molecule has 42 heavy (non-hydrogen) atoms. The van der Waals surface area contributed by atoms with Crippen molar-refractivity contribution in [3.05, 3.63) is 71.9 Å². The summed E-state index contributed by atoms with van der Waals surface area (Å²) in [7, 11) is 0. The number of hydrogen-bond donors (Lipinski definition) is 7. The molecule has 4 unspecified atom stereocenters. The molecule has 0 fully saturated rings. The fourth-order valence-corrected chi connectivity index (χ4v) is 4.52. The molecule has 0 aliphatic rings. The van der Waals surface area contributed by atoms with E-state index < -0.39 is 59.7 Å². The smallest absolute Gasteiger partial charge is 0.326 e. The van der Waals surface area contributed by atoms with Crippen molar-refractivity contribution in [1.82, 2.24) is 20.9 Å². The maximum Gasteiger partial charge on any atom is 0.326 e. The van der Waals surface area contributed by atoms with E-state index in [0.29, 0.717) is 5.56 Å². The summed E-state index contributed by atoms with van der Waals surface area (Å²) in [6.45, 7) is 3.39. The third-order valence-electron chi connectivity index (χ3n) is 6.88. The molecule has 1 aromatic heterocycles. The number of carbonyl (C=O) groups excluding carboxylic acids is 3. The number of nitrogens with one attached hydrogen (secondary N) is 4. The van der Waals surface area contributed by atoms with Crippen LogP contribution in [0.2, 0.25) is 0 Å². The van der Waals surface area contributed by atoms with E-state index in [1.54, 1.807) is 50.4 Å². The van der Waals surface area contributed by atoms with Gasteiger partial charge in [0.05, 0.1) is 6.04 Å². The number of para-hydroxylation sites is 1. The zero-order chi connectivity index (χ0) is 30.8. The molecular weight excluding hydrogens is 542 g/mol. The second kappa shape index (κ2) is 14.8. The number of carboxylic acid groups (broad SMARTS) is 2. The van der Waals surface area contributed by atoms with Crippen molar-refractivity contribution in [3.8, 4) is 0 Å². The zero-order valence-corrected chi connectivity index (χ0v) is 23.5. The van der Waals surface area contributed by atoms with Gasteiger partial charge in [-0.2, -0.15) is 0 Å². The first kappa shape index (κ1) is 31.8. The van der Waals surface area contributed by atoms with Crippen molar-refractivity contribution >= 4 is 40.6 Å². The summed E-state index contributed by atoms with van der Waals surface area (Å²) in [5.74, 6) is -4.81. The number of aromatic nitrogens is 1. The quantitative estimate of drug-likeness (QED) is 0.140. The van der Waals surface area contributed by atoms with Crippen molar-refractivity contribution < 1.29 is 34.2 Å². The first-order valence-electron chi connectivity index (χ1n) is 13.7. The van der Waals surface area contributed by atoms with Crippen LogP contribution in [0.4, 0.5) is 0 Å². The molecule has 1 heterocycles. The van der Waals surface area contributed by atoms with Crippen molar-refractivity contribution in [1.29, 1.82) is 0 Å². The van der Waals surface area contributed by atoms with Crippen molar-refractivity contribution in [2.45, 2.75) is 63.7 Å². The molecule has 0 aliphatic heterocycles. The van der Waals surface area contributed by atoms with Crippen LogP contribution >= 0.6 is 0 Å². The third-order valence-corrected chi connectivity index (χ3v) is 6.88. The van der Waals surface area contributed by atoms with E-state index in [4.69, 9.17) is 10.8 Å². The lowest BCUT2D eigenvalue weighted by Crippen LogP contribution is -2.59. The number of carboxylic acids is 2. The van der Waals surface area contributed by atoms with Crippen molar-refractivity contribution in [2.24, 2.45) is 11.7 Å². The number of fused-ring (bicyclic) bond motifs is 1. The molecule has 8 N–H and O–H groups in total. The minimum Gasteiger partial charge on any atom is -0.481 e. The Balaban J connectivity index is 1.78. The van der Waals surface area contributed by atoms with Crippen LogP contribution in [0.5, 0.6) is 0 Å². The Labute approximate surface area is 243 Å². The van der Waals surface area contributed by atoms with Crippen LogP contribution in [-0.4, -0.2) is 69.0 Å². The molecule has 0 aliphatic carbocycles. The Morgan fingerprint density at radius 3 is 2.10 bits per heavy atom. The summed E-state index contributed by atoms with van der Waals surface area (Å²) in [6.07, 6.45) is 1.35. The Kier molecular flexibility index (Phi) is 11.2. The van der Waals surface area contributed by atoms with Crippen LogP contribution in [0.25, 0.3) is 10.9 Å². The predicted molar refractivity (Wildman–Crippen MR) is 155 cm³/mol. The van der Waals surface area contributed by atoms with Crippen LogP contribution in [0.1, 0.15) is 37.8 Å². The van der Waals surface area contributed by atoms with Gasteiger partial charge >= 0.3 is 11.9 Å². The van der Waals surface area contributed by atoms with Crippen LogP contribution in [-0.2, 0) is 36.8 Å². The van der Waals surface area contributed by atoms with E-state index in [9.17, 15) is 29.1 Å². The summed E-state index contributed by atoms with van der Waals surface area (Å²) in [4.78, 5) is 65.6. The number of rotatable bonds is 15. The Morgan fingerprint density at radius 1 is 0.810 bits per heavy atom. The highest BCUT2D eigenvalue weighted by Crippen LogP contribution is 2.19. The van der Waals surface area contributed by atoms with Gasteiger partial charge in [-0.05, 0) is 29.5 Å². The minimum atomic E-state index is -1.28. The number of nitrogens with two attached hydrogens (primary N) is 1. The van der Waals surface area contributed by atoms with E-state index in [2.05, 4.69) is 20.9 Å². The molecule has 0 bridgehead atoms. The Morgan fingerprint density at radius 2 is 1.45 bits per heavy atom. The van der Waals surface area contributed by atoms with Gasteiger partial charge in [-0.15, -0.1) is 0 Å². The second-order valence-corrected chi connectivity index (χ2v) is 10.5. The van der Waals surface area contributed by atoms with Gasteiger partial charge in [0.25, 0.3) is 0 Å². The summed E-state index contributed by atoms with van der Waals surface area (Å²) in [5.41, 5.74) is 8.08. The number of benzene rings is 2. The summed E-state index contributed by atoms with van der Waals surface area (Å²) < 4.78 is 0. The normalized spacial score (nSPS) is 14.0. The van der Waals surface area contributed by atoms with Gasteiger partial charge in [-0.1, -0.05) is 62.4 Å². The fourth-order valence-electron chi connectivity index (χ4n) is 4.52. The predicted octanol–water partition coefficient (Wildman–Crippen LogP) is 1.34. The first-order valence-corrected chi connectivity index (χ1v) is 13.7. The molecule has 12 nitrogen and oxygen atoms in total. The number of amides is 3. The highest BCUT2D eigenvalue weighted by atomic mass is 16.4. The SMILES string of the molecule is CC(C)C(NC(=O)C(N)CCC(=O)O)C(=O)NC(Cc1ccccc1)C(=O)NC(Cc1c[nH]c2ccccc12)C(=O)O. The zero-order valence-electron chi connectivity index (χ0n) is 23.5. The van der Waals surface area contributed by atoms with Gasteiger partial charge in [0.2, 0.25) is 17.7 Å². The third kappa shape index (κ3) is 8.90. The maximum atomic E-state index is 13.5. The summed E-state index contributed by atoms with van der Waals surface area (Å²) >= 11 is 0. The highest BCUT2D eigenvalue weighted by molar-refractivity contribution is 5.94. The van der Waals surface area contributed by atoms with E-state index in [1.807, 2.05) is 24.3 Å². The average Bonchev–Trinajstić information content (AvgIpc) is 3.36. The van der Waals surface area contributed by atoms with Crippen LogP contribution in [0.3, 0.4) is 0 Å². The van der Waals surface area contributed by atoms with Gasteiger partial charge in [0.1, 0.15) is 18.1 Å². The first-order chi connectivity index (χ1) is 20.0. The number of hydrogen-bond acceptors (Lipinski definition) is 6. The summed E-state index contributed by atoms with van der Waals surface area (Å²) in [6, 6.07) is 11.6. The van der Waals surface area contributed by atoms with Crippen LogP contribution in [0, 0.1) is 5.92 Å². The molecule has 0 saturated heterocycles. The van der Waals surface area contributed by atoms with Crippen LogP contribution < -0.4 is 21.7 Å². The highest BCUT2D eigenvalue weighted by Gasteiger charge is 2.32. The number of aliphatic carboxylic acids is 2. The molecule has 12 heteroatoms. The topological polar surface area (TPSA) is 204 Å². The Hall–Kier alpha value is -4.71. The van der Waals surface area contributed by atoms with E-state index in [0.717, 1.165) is 16.5 Å². The molecule has 4 atom stereocenters. The van der Waals surface area contributed by atoms with Gasteiger partial charge in [-0.3, -0.25) is 19.2 Å². The lowest BCUT2D eigenvalue weighted by atomic mass is 9.99. The molecule has 0 spiro atoms. The van der Waals surface area contributed by atoms with Crippen molar-refractivity contribution in [3.63, 3.8) is 0 Å². The molecule has 3 amide bonds. The molecule has 2 aromatic carbocycles. The van der Waals surface area contributed by atoms with Gasteiger partial charge in [-0.25, -0.2) is 4.79 Å². The number of aromatic amines is 1. The van der Waals surface area contributed by atoms with Crippen molar-refractivity contribution in [2.75, 3.05) is 0 Å². The lowest BCUT2D eigenvalue weighted by Gasteiger charge is -2.27. The number of carbonyl (C=O) groups is 5. The fraction of sp³-hybridized carbons (Fsp3) is 0.367. The van der Waals surface area contributed by atoms with Gasteiger partial charge < -0.3 is 36.9 Å². The van der Waals surface area contributed by atoms with E-state index >= 15 is 0 Å². The largest absolute Gasteiger partial charge is 0.481 e. The Bertz CT molecular complexity index is 1410. The lowest BCUT2D eigenvalue weighted by molar-refractivity contribution is -0.142. The second-order valence-electron chi connectivity index (χ2n) is 10.5. The minimum absolute atomic E-state index is 0.00992. The van der Waals surface area contributed by atoms with Gasteiger partial charge in [0.15, 0.2) is 0 Å². The molecule has 0 radical (unpaired) electrons. The molecule has 3 rings (SSSR count). The van der Waals surface area contributed by atoms with E-state index in [-0.39, 0.29) is 25.7 Å². The van der Waals surface area contributed by atoms with E-state index in [1.165, 1.54) is 0 Å². The number of H-pyrrole nitrogens is 1. The molecule has 0 saturated carbocycles. The average molecular weight is 580 g/mol. The standard InChI is InChI=1S/C30H37N5O7/c1-17(2)26(35-27(38)21(31)12-13-25(36)37)29(40)33-23(14-18-8-4-3-5-9-18)28(39)34-24(30(41)42)15-19-16-32-22-11-7-6-10-20(19)22/h3-11,16-17,21,23-24,26,32H,12-15,31H2,1-2H3,(H,33,40)(H,34,39)(H,35,38)(H,36,37)(H,41,42).